The van der Waals surface area contributed by atoms with E-state index in [1.165, 1.54) is 29.2 Å². The molecule has 1 aliphatic heterocycles. The van der Waals surface area contributed by atoms with Crippen molar-refractivity contribution in [2.24, 2.45) is 0 Å². The highest BCUT2D eigenvalue weighted by Crippen LogP contribution is 2.32. The summed E-state index contributed by atoms with van der Waals surface area (Å²) in [4.78, 5) is 25.6. The molecule has 0 saturated carbocycles. The van der Waals surface area contributed by atoms with Crippen molar-refractivity contribution in [2.45, 2.75) is 32.1 Å². The molecule has 3 rings (SSSR count). The second-order valence-corrected chi connectivity index (χ2v) is 6.21. The van der Waals surface area contributed by atoms with Gasteiger partial charge < -0.3 is 14.6 Å². The van der Waals surface area contributed by atoms with E-state index in [1.54, 1.807) is 13.0 Å². The van der Waals surface area contributed by atoms with Crippen molar-refractivity contribution in [3.05, 3.63) is 59.0 Å². The number of amides is 2. The molecule has 0 aliphatic carbocycles. The summed E-state index contributed by atoms with van der Waals surface area (Å²) in [6.07, 6.45) is -4.44. The Morgan fingerprint density at radius 2 is 2.00 bits per heavy atom. The predicted molar refractivity (Wildman–Crippen MR) is 86.2 cm³/mol. The van der Waals surface area contributed by atoms with Crippen molar-refractivity contribution in [2.75, 3.05) is 6.54 Å². The van der Waals surface area contributed by atoms with Crippen LogP contribution in [0, 0.1) is 6.92 Å². The van der Waals surface area contributed by atoms with Gasteiger partial charge >= 0.3 is 6.18 Å². The van der Waals surface area contributed by atoms with Crippen LogP contribution in [0.5, 0.6) is 0 Å². The fourth-order valence-electron chi connectivity index (χ4n) is 2.98. The lowest BCUT2D eigenvalue weighted by Crippen LogP contribution is -2.37. The minimum atomic E-state index is -4.48. The van der Waals surface area contributed by atoms with Gasteiger partial charge in [-0.25, -0.2) is 0 Å². The predicted octanol–water partition coefficient (Wildman–Crippen LogP) is 3.14. The summed E-state index contributed by atoms with van der Waals surface area (Å²) in [5.74, 6) is -0.0322. The molecule has 0 spiro atoms. The number of furan rings is 1. The Balaban J connectivity index is 1.67. The summed E-state index contributed by atoms with van der Waals surface area (Å²) in [6.45, 7) is 1.70. The number of aryl methyl sites for hydroxylation is 1. The summed E-state index contributed by atoms with van der Waals surface area (Å²) in [5, 5.41) is 2.68. The minimum absolute atomic E-state index is 0.0296. The molecular weight excluding hydrogens is 349 g/mol. The molecule has 2 amide bonds. The Hall–Kier alpha value is -2.77. The third kappa shape index (κ3) is 3.89. The molecule has 1 atom stereocenters. The standard InChI is InChI=1S/C18H17F3N2O3/c1-11-6-7-15(26-11)17(25)22-13-8-16(24)23(10-13)9-12-4-2-3-5-14(12)18(19,20)21/h2-7,13H,8-10H2,1H3,(H,22,25). The molecule has 8 heteroatoms. The van der Waals surface area contributed by atoms with Gasteiger partial charge in [-0.1, -0.05) is 18.2 Å². The number of carbonyl (C=O) groups is 2. The van der Waals surface area contributed by atoms with Crippen LogP contribution in [-0.2, 0) is 17.5 Å². The van der Waals surface area contributed by atoms with Crippen LogP contribution in [0.3, 0.4) is 0 Å². The Labute approximate surface area is 147 Å². The van der Waals surface area contributed by atoms with Gasteiger partial charge in [0.05, 0.1) is 11.6 Å². The summed E-state index contributed by atoms with van der Waals surface area (Å²) < 4.78 is 44.5. The van der Waals surface area contributed by atoms with Crippen molar-refractivity contribution in [3.63, 3.8) is 0 Å². The number of benzene rings is 1. The van der Waals surface area contributed by atoms with Crippen LogP contribution in [0.15, 0.2) is 40.8 Å². The van der Waals surface area contributed by atoms with Crippen LogP contribution in [0.1, 0.15) is 33.9 Å². The molecule has 1 aromatic heterocycles. The highest BCUT2D eigenvalue weighted by Gasteiger charge is 2.36. The Morgan fingerprint density at radius 1 is 1.27 bits per heavy atom. The zero-order valence-corrected chi connectivity index (χ0v) is 14.0. The van der Waals surface area contributed by atoms with E-state index in [0.29, 0.717) is 5.76 Å². The van der Waals surface area contributed by atoms with Crippen molar-refractivity contribution < 1.29 is 27.2 Å². The quantitative estimate of drug-likeness (QED) is 0.904. The zero-order valence-electron chi connectivity index (χ0n) is 14.0. The fourth-order valence-corrected chi connectivity index (χ4v) is 2.98. The number of hydrogen-bond acceptors (Lipinski definition) is 3. The first kappa shape index (κ1) is 18.0. The zero-order chi connectivity index (χ0) is 18.9. The molecule has 2 heterocycles. The third-order valence-corrected chi connectivity index (χ3v) is 4.20. The van der Waals surface area contributed by atoms with Crippen LogP contribution in [0.25, 0.3) is 0 Å². The molecular formula is C18H17F3N2O3. The topological polar surface area (TPSA) is 62.6 Å². The molecule has 2 aromatic rings. The number of nitrogens with zero attached hydrogens (tertiary/aromatic N) is 1. The van der Waals surface area contributed by atoms with E-state index in [2.05, 4.69) is 5.32 Å². The second-order valence-electron chi connectivity index (χ2n) is 6.21. The van der Waals surface area contributed by atoms with Gasteiger partial charge in [0.15, 0.2) is 5.76 Å². The van der Waals surface area contributed by atoms with Crippen LogP contribution in [-0.4, -0.2) is 29.3 Å². The highest BCUT2D eigenvalue weighted by molar-refractivity contribution is 5.92. The van der Waals surface area contributed by atoms with Gasteiger partial charge in [0, 0.05) is 19.5 Å². The van der Waals surface area contributed by atoms with Crippen molar-refractivity contribution >= 4 is 11.8 Å². The number of hydrogen-bond donors (Lipinski definition) is 1. The first-order valence-electron chi connectivity index (χ1n) is 8.04. The molecule has 5 nitrogen and oxygen atoms in total. The van der Waals surface area contributed by atoms with E-state index in [9.17, 15) is 22.8 Å². The number of halogens is 3. The third-order valence-electron chi connectivity index (χ3n) is 4.20. The van der Waals surface area contributed by atoms with Crippen LogP contribution in [0.2, 0.25) is 0 Å². The summed E-state index contributed by atoms with van der Waals surface area (Å²) in [5.41, 5.74) is -0.728. The van der Waals surface area contributed by atoms with Crippen molar-refractivity contribution in [1.82, 2.24) is 10.2 Å². The molecule has 1 aliphatic rings. The molecule has 1 aromatic carbocycles. The first-order valence-corrected chi connectivity index (χ1v) is 8.04. The van der Waals surface area contributed by atoms with Gasteiger partial charge in [-0.2, -0.15) is 13.2 Å². The van der Waals surface area contributed by atoms with E-state index >= 15 is 0 Å². The minimum Gasteiger partial charge on any atom is -0.456 e. The van der Waals surface area contributed by atoms with Gasteiger partial charge in [0.1, 0.15) is 5.76 Å². The average Bonchev–Trinajstić information content (AvgIpc) is 3.13. The van der Waals surface area contributed by atoms with Gasteiger partial charge in [-0.3, -0.25) is 9.59 Å². The monoisotopic (exact) mass is 366 g/mol. The lowest BCUT2D eigenvalue weighted by Gasteiger charge is -2.20. The number of likely N-dealkylation sites (tertiary alicyclic amines) is 1. The smallest absolute Gasteiger partial charge is 0.416 e. The van der Waals surface area contributed by atoms with Gasteiger partial charge in [-0.15, -0.1) is 0 Å². The summed E-state index contributed by atoms with van der Waals surface area (Å²) in [6, 6.07) is 7.87. The van der Waals surface area contributed by atoms with Gasteiger partial charge in [0.25, 0.3) is 5.91 Å². The van der Waals surface area contributed by atoms with E-state index in [4.69, 9.17) is 4.42 Å². The van der Waals surface area contributed by atoms with Crippen LogP contribution in [0.4, 0.5) is 13.2 Å². The normalized spacial score (nSPS) is 17.6. The van der Waals surface area contributed by atoms with Crippen molar-refractivity contribution in [3.8, 4) is 0 Å². The highest BCUT2D eigenvalue weighted by atomic mass is 19.4. The van der Waals surface area contributed by atoms with Gasteiger partial charge in [0.2, 0.25) is 5.91 Å². The average molecular weight is 366 g/mol. The number of alkyl halides is 3. The van der Waals surface area contributed by atoms with Crippen LogP contribution >= 0.6 is 0 Å². The first-order chi connectivity index (χ1) is 12.2. The van der Waals surface area contributed by atoms with E-state index in [1.807, 2.05) is 0 Å². The van der Waals surface area contributed by atoms with Gasteiger partial charge in [-0.05, 0) is 30.7 Å². The molecule has 0 radical (unpaired) electrons. The van der Waals surface area contributed by atoms with E-state index in [0.717, 1.165) is 6.07 Å². The van der Waals surface area contributed by atoms with E-state index in [-0.39, 0.29) is 36.7 Å². The van der Waals surface area contributed by atoms with E-state index < -0.39 is 23.7 Å². The SMILES string of the molecule is Cc1ccc(C(=O)NC2CC(=O)N(Cc3ccccc3C(F)(F)F)C2)o1. The lowest BCUT2D eigenvalue weighted by atomic mass is 10.1. The molecule has 26 heavy (non-hydrogen) atoms. The molecule has 1 N–H and O–H groups in total. The summed E-state index contributed by atoms with van der Waals surface area (Å²) in [7, 11) is 0. The molecule has 1 fully saturated rings. The fraction of sp³-hybridized carbons (Fsp3) is 0.333. The maximum absolute atomic E-state index is 13.1. The molecule has 0 bridgehead atoms. The number of rotatable bonds is 4. The maximum atomic E-state index is 13.1. The Morgan fingerprint density at radius 3 is 2.65 bits per heavy atom. The van der Waals surface area contributed by atoms with Crippen molar-refractivity contribution in [1.29, 1.82) is 0 Å². The lowest BCUT2D eigenvalue weighted by molar-refractivity contribution is -0.139. The maximum Gasteiger partial charge on any atom is 0.416 e. The Bertz CT molecular complexity index is 829. The number of carbonyl (C=O) groups excluding carboxylic acids is 2. The largest absolute Gasteiger partial charge is 0.456 e. The summed E-state index contributed by atoms with van der Waals surface area (Å²) >= 11 is 0. The van der Waals surface area contributed by atoms with Crippen LogP contribution < -0.4 is 5.32 Å². The second kappa shape index (κ2) is 6.86. The Kier molecular flexibility index (Phi) is 4.76. The molecule has 138 valence electrons. The molecule has 1 saturated heterocycles. The molecule has 1 unspecified atom stereocenters. The number of nitrogens with one attached hydrogen (secondary N) is 1.